The van der Waals surface area contributed by atoms with Crippen LogP contribution in [-0.4, -0.2) is 37.2 Å². The molecule has 0 aromatic rings. The second kappa shape index (κ2) is 71.4. The van der Waals surface area contributed by atoms with Gasteiger partial charge in [-0.05, 0) is 44.9 Å². The summed E-state index contributed by atoms with van der Waals surface area (Å²) in [5.74, 6) is -0.848. The van der Waals surface area contributed by atoms with Crippen LogP contribution in [0.3, 0.4) is 0 Å². The average molecular weight is 1150 g/mol. The summed E-state index contributed by atoms with van der Waals surface area (Å²) >= 11 is 0. The first-order chi connectivity index (χ1) is 40.5. The molecule has 6 nitrogen and oxygen atoms in total. The Balaban J connectivity index is 4.20. The van der Waals surface area contributed by atoms with E-state index in [0.29, 0.717) is 19.3 Å². The predicted octanol–water partition coefficient (Wildman–Crippen LogP) is 25.7. The zero-order valence-electron chi connectivity index (χ0n) is 55.8. The summed E-state index contributed by atoms with van der Waals surface area (Å²) in [6.45, 7) is 6.68. The van der Waals surface area contributed by atoms with Gasteiger partial charge in [0.15, 0.2) is 6.10 Å². The molecule has 0 aromatic heterocycles. The Hall–Kier alpha value is -2.11. The molecule has 0 saturated carbocycles. The van der Waals surface area contributed by atoms with Crippen molar-refractivity contribution < 1.29 is 28.6 Å². The second-order valence-corrected chi connectivity index (χ2v) is 25.6. The fourth-order valence-corrected chi connectivity index (χ4v) is 11.6. The number of unbranched alkanes of at least 4 members (excludes halogenated alkanes) is 55. The maximum atomic E-state index is 13.0. The van der Waals surface area contributed by atoms with Gasteiger partial charge in [-0.1, -0.05) is 385 Å². The molecule has 0 fully saturated rings. The van der Waals surface area contributed by atoms with E-state index in [-0.39, 0.29) is 31.1 Å². The van der Waals surface area contributed by atoms with Gasteiger partial charge in [-0.3, -0.25) is 14.4 Å². The highest BCUT2D eigenvalue weighted by atomic mass is 16.6. The third kappa shape index (κ3) is 68.7. The SMILES string of the molecule is CCCC/C=C\C/C=C\CCCCCCCC(=O)OCC(COC(=O)CCCCCCCCCCCCCCCCCCCCCCCCCCCC)OC(=O)CCCCCCCCCCCCCCCCCCCCCCCCCC. The molecule has 484 valence electrons. The zero-order chi connectivity index (χ0) is 59.2. The van der Waals surface area contributed by atoms with Gasteiger partial charge in [-0.15, -0.1) is 0 Å². The van der Waals surface area contributed by atoms with Crippen LogP contribution < -0.4 is 0 Å². The van der Waals surface area contributed by atoms with Crippen molar-refractivity contribution in [2.24, 2.45) is 0 Å². The van der Waals surface area contributed by atoms with Crippen LogP contribution in [0.1, 0.15) is 425 Å². The Bertz CT molecular complexity index is 1320. The fraction of sp³-hybridized carbons (Fsp3) is 0.908. The Morgan fingerprint density at radius 1 is 0.244 bits per heavy atom. The molecule has 1 unspecified atom stereocenters. The van der Waals surface area contributed by atoms with Crippen LogP contribution in [0.15, 0.2) is 24.3 Å². The monoisotopic (exact) mass is 1150 g/mol. The highest BCUT2D eigenvalue weighted by molar-refractivity contribution is 5.71. The second-order valence-electron chi connectivity index (χ2n) is 25.6. The van der Waals surface area contributed by atoms with E-state index in [9.17, 15) is 14.4 Å². The lowest BCUT2D eigenvalue weighted by atomic mass is 10.0. The largest absolute Gasteiger partial charge is 0.462 e. The molecule has 0 spiro atoms. The summed E-state index contributed by atoms with van der Waals surface area (Å²) in [5, 5.41) is 0. The Labute approximate surface area is 513 Å². The predicted molar refractivity (Wildman–Crippen MR) is 358 cm³/mol. The molecule has 0 aromatic carbocycles. The maximum Gasteiger partial charge on any atom is 0.306 e. The van der Waals surface area contributed by atoms with Crippen LogP contribution in [0.5, 0.6) is 0 Å². The van der Waals surface area contributed by atoms with Gasteiger partial charge >= 0.3 is 17.9 Å². The number of hydrogen-bond donors (Lipinski definition) is 0. The minimum atomic E-state index is -0.774. The Kier molecular flexibility index (Phi) is 69.5. The Morgan fingerprint density at radius 2 is 0.451 bits per heavy atom. The lowest BCUT2D eigenvalue weighted by Gasteiger charge is -2.18. The normalized spacial score (nSPS) is 12.1. The Morgan fingerprint density at radius 3 is 0.707 bits per heavy atom. The van der Waals surface area contributed by atoms with Crippen molar-refractivity contribution in [1.29, 1.82) is 0 Å². The third-order valence-corrected chi connectivity index (χ3v) is 17.2. The van der Waals surface area contributed by atoms with Crippen molar-refractivity contribution >= 4 is 17.9 Å². The van der Waals surface area contributed by atoms with Crippen molar-refractivity contribution in [2.75, 3.05) is 13.2 Å². The van der Waals surface area contributed by atoms with E-state index in [1.807, 2.05) is 0 Å². The summed E-state index contributed by atoms with van der Waals surface area (Å²) in [4.78, 5) is 38.5. The summed E-state index contributed by atoms with van der Waals surface area (Å²) in [7, 11) is 0. The molecule has 0 aliphatic heterocycles. The van der Waals surface area contributed by atoms with E-state index >= 15 is 0 Å². The minimum absolute atomic E-state index is 0.0691. The average Bonchev–Trinajstić information content (AvgIpc) is 3.48. The summed E-state index contributed by atoms with van der Waals surface area (Å²) in [5.41, 5.74) is 0. The highest BCUT2D eigenvalue weighted by Crippen LogP contribution is 2.20. The number of carbonyl (C=O) groups excluding carboxylic acids is 3. The number of ether oxygens (including phenoxy) is 3. The number of esters is 3. The molecule has 6 heteroatoms. The smallest absolute Gasteiger partial charge is 0.306 e. The topological polar surface area (TPSA) is 78.9 Å². The first-order valence-electron chi connectivity index (χ1n) is 37.3. The zero-order valence-corrected chi connectivity index (χ0v) is 55.8. The van der Waals surface area contributed by atoms with Crippen molar-refractivity contribution in [2.45, 2.75) is 431 Å². The van der Waals surface area contributed by atoms with E-state index in [0.717, 1.165) is 77.0 Å². The summed E-state index contributed by atoms with van der Waals surface area (Å²) in [6.07, 6.45) is 88.0. The molecule has 0 aliphatic rings. The number of rotatable bonds is 70. The molecule has 0 radical (unpaired) electrons. The van der Waals surface area contributed by atoms with Gasteiger partial charge in [0.25, 0.3) is 0 Å². The van der Waals surface area contributed by atoms with Crippen LogP contribution in [0.25, 0.3) is 0 Å². The van der Waals surface area contributed by atoms with Crippen LogP contribution in [0, 0.1) is 0 Å². The lowest BCUT2D eigenvalue weighted by Crippen LogP contribution is -2.30. The van der Waals surface area contributed by atoms with Crippen molar-refractivity contribution in [3.63, 3.8) is 0 Å². The van der Waals surface area contributed by atoms with E-state index in [2.05, 4.69) is 45.1 Å². The summed E-state index contributed by atoms with van der Waals surface area (Å²) < 4.78 is 17.0. The summed E-state index contributed by atoms with van der Waals surface area (Å²) in [6, 6.07) is 0. The number of carbonyl (C=O) groups is 3. The van der Waals surface area contributed by atoms with Gasteiger partial charge in [0.1, 0.15) is 13.2 Å². The molecule has 0 aliphatic carbocycles. The highest BCUT2D eigenvalue weighted by Gasteiger charge is 2.20. The van der Waals surface area contributed by atoms with E-state index < -0.39 is 6.10 Å². The first kappa shape index (κ1) is 79.9. The number of allylic oxidation sites excluding steroid dienone is 4. The molecule has 0 rings (SSSR count). The van der Waals surface area contributed by atoms with Crippen molar-refractivity contribution in [3.8, 4) is 0 Å². The quantitative estimate of drug-likeness (QED) is 0.0261. The molecular formula is C76H144O6. The molecule has 0 bridgehead atoms. The van der Waals surface area contributed by atoms with Gasteiger partial charge in [0, 0.05) is 19.3 Å². The van der Waals surface area contributed by atoms with E-state index in [4.69, 9.17) is 14.2 Å². The van der Waals surface area contributed by atoms with Gasteiger partial charge in [-0.25, -0.2) is 0 Å². The molecule has 0 heterocycles. The van der Waals surface area contributed by atoms with Crippen LogP contribution in [-0.2, 0) is 28.6 Å². The lowest BCUT2D eigenvalue weighted by molar-refractivity contribution is -0.167. The van der Waals surface area contributed by atoms with Crippen molar-refractivity contribution in [1.82, 2.24) is 0 Å². The third-order valence-electron chi connectivity index (χ3n) is 17.2. The van der Waals surface area contributed by atoms with Gasteiger partial charge < -0.3 is 14.2 Å². The molecule has 0 amide bonds. The molecular weight excluding hydrogens is 1010 g/mol. The van der Waals surface area contributed by atoms with Gasteiger partial charge in [0.05, 0.1) is 0 Å². The number of hydrogen-bond acceptors (Lipinski definition) is 6. The van der Waals surface area contributed by atoms with Crippen LogP contribution >= 0.6 is 0 Å². The van der Waals surface area contributed by atoms with E-state index in [1.54, 1.807) is 0 Å². The van der Waals surface area contributed by atoms with Gasteiger partial charge in [-0.2, -0.15) is 0 Å². The molecule has 1 atom stereocenters. The maximum absolute atomic E-state index is 13.0. The molecule has 82 heavy (non-hydrogen) atoms. The first-order valence-corrected chi connectivity index (χ1v) is 37.3. The van der Waals surface area contributed by atoms with Crippen molar-refractivity contribution in [3.05, 3.63) is 24.3 Å². The van der Waals surface area contributed by atoms with Crippen LogP contribution in [0.4, 0.5) is 0 Å². The molecule has 0 N–H and O–H groups in total. The standard InChI is InChI=1S/C76H144O6/c1-4-7-10-13-16-19-22-25-28-30-32-34-36-38-39-41-42-44-46-48-51-54-57-60-63-66-69-75(78)81-72-73(71-80-74(77)68-65-62-59-56-53-50-27-24-21-18-15-12-9-6-3)82-76(79)70-67-64-61-58-55-52-49-47-45-43-40-37-35-33-31-29-26-23-20-17-14-11-8-5-2/h15,18,24,27,73H,4-14,16-17,19-23,25-26,28-72H2,1-3H3/b18-15-,27-24-. The molecule has 0 saturated heterocycles. The minimum Gasteiger partial charge on any atom is -0.462 e. The van der Waals surface area contributed by atoms with Crippen LogP contribution in [0.2, 0.25) is 0 Å². The van der Waals surface area contributed by atoms with E-state index in [1.165, 1.54) is 308 Å². The fourth-order valence-electron chi connectivity index (χ4n) is 11.6. The van der Waals surface area contributed by atoms with Gasteiger partial charge in [0.2, 0.25) is 0 Å².